The van der Waals surface area contributed by atoms with Crippen molar-refractivity contribution in [3.63, 3.8) is 0 Å². The largest absolute Gasteiger partial charge is 0.320 e. The summed E-state index contributed by atoms with van der Waals surface area (Å²) in [7, 11) is 0. The maximum Gasteiger partial charge on any atom is 0.244 e. The molecule has 1 atom stereocenters. The predicted molar refractivity (Wildman–Crippen MR) is 58.9 cm³/mol. The van der Waals surface area contributed by atoms with Crippen LogP contribution in [-0.2, 0) is 4.79 Å². The smallest absolute Gasteiger partial charge is 0.244 e. The molecule has 0 aliphatic heterocycles. The molecule has 0 aliphatic rings. The average molecular weight is 274 g/mol. The van der Waals surface area contributed by atoms with Crippen molar-refractivity contribution in [2.24, 2.45) is 5.41 Å². The second-order valence-electron chi connectivity index (χ2n) is 4.09. The van der Waals surface area contributed by atoms with Gasteiger partial charge in [0.1, 0.15) is 11.1 Å². The number of amides is 1. The first-order valence-electron chi connectivity index (χ1n) is 5.32. The number of carbonyl (C=O) groups excluding carboxylic acids is 1. The van der Waals surface area contributed by atoms with E-state index in [9.17, 15) is 22.4 Å². The van der Waals surface area contributed by atoms with E-state index in [0.717, 1.165) is 0 Å². The van der Waals surface area contributed by atoms with Crippen molar-refractivity contribution in [2.45, 2.75) is 20.3 Å². The Morgan fingerprint density at radius 1 is 1.32 bits per heavy atom. The van der Waals surface area contributed by atoms with Crippen LogP contribution in [0.15, 0.2) is 6.07 Å². The number of hydrogen-bond acceptors (Lipinski definition) is 2. The van der Waals surface area contributed by atoms with Crippen LogP contribution in [0.5, 0.6) is 0 Å². The fourth-order valence-electron chi connectivity index (χ4n) is 1.22. The molecule has 1 aromatic rings. The van der Waals surface area contributed by atoms with Gasteiger partial charge in [-0.3, -0.25) is 4.79 Å². The number of nitrogens with zero attached hydrogens (tertiary/aromatic N) is 1. The minimum atomic E-state index is -1.72. The number of rotatable bonds is 3. The summed E-state index contributed by atoms with van der Waals surface area (Å²) in [5.74, 6) is -7.75. The third-order valence-electron chi connectivity index (χ3n) is 2.81. The van der Waals surface area contributed by atoms with Gasteiger partial charge in [0.15, 0.2) is 23.3 Å². The van der Waals surface area contributed by atoms with Gasteiger partial charge in [0, 0.05) is 6.07 Å². The SMILES string of the molecule is CCC(C)(C#N)C(=O)Nc1c(F)c(F)cc(F)c1F. The average Bonchev–Trinajstić information content (AvgIpc) is 2.40. The van der Waals surface area contributed by atoms with Gasteiger partial charge in [-0.2, -0.15) is 5.26 Å². The van der Waals surface area contributed by atoms with Crippen LogP contribution in [0.2, 0.25) is 0 Å². The Labute approximate surface area is 106 Å². The van der Waals surface area contributed by atoms with Gasteiger partial charge in [-0.1, -0.05) is 6.92 Å². The quantitative estimate of drug-likeness (QED) is 0.680. The molecule has 0 aromatic heterocycles. The molecule has 0 radical (unpaired) electrons. The molecular weight excluding hydrogens is 264 g/mol. The van der Waals surface area contributed by atoms with Crippen LogP contribution in [-0.4, -0.2) is 5.91 Å². The zero-order valence-corrected chi connectivity index (χ0v) is 10.2. The molecule has 0 saturated heterocycles. The molecule has 3 nitrogen and oxygen atoms in total. The van der Waals surface area contributed by atoms with Gasteiger partial charge >= 0.3 is 0 Å². The van der Waals surface area contributed by atoms with Crippen LogP contribution in [0.1, 0.15) is 20.3 Å². The van der Waals surface area contributed by atoms with Crippen molar-refractivity contribution >= 4 is 11.6 Å². The molecular formula is C12H10F4N2O. The minimum Gasteiger partial charge on any atom is -0.320 e. The summed E-state index contributed by atoms with van der Waals surface area (Å²) >= 11 is 0. The number of anilines is 1. The zero-order valence-electron chi connectivity index (χ0n) is 10.2. The summed E-state index contributed by atoms with van der Waals surface area (Å²) in [5.41, 5.74) is -2.79. The fraction of sp³-hybridized carbons (Fsp3) is 0.333. The van der Waals surface area contributed by atoms with Crippen LogP contribution >= 0.6 is 0 Å². The Kier molecular flexibility index (Phi) is 4.14. The van der Waals surface area contributed by atoms with Crippen LogP contribution in [0, 0.1) is 40.0 Å². The maximum absolute atomic E-state index is 13.3. The third-order valence-corrected chi connectivity index (χ3v) is 2.81. The standard InChI is InChI=1S/C12H10F4N2O/c1-3-12(2,5-17)11(19)18-10-8(15)6(13)4-7(14)9(10)16/h4H,3H2,1-2H3,(H,18,19). The molecule has 0 aliphatic carbocycles. The van der Waals surface area contributed by atoms with Crippen molar-refractivity contribution in [1.82, 2.24) is 0 Å². The Hall–Kier alpha value is -2.10. The zero-order chi connectivity index (χ0) is 14.8. The highest BCUT2D eigenvalue weighted by molar-refractivity contribution is 5.97. The summed E-state index contributed by atoms with van der Waals surface area (Å²) in [6.07, 6.45) is 0.0658. The van der Waals surface area contributed by atoms with E-state index in [1.807, 2.05) is 0 Å². The normalized spacial score (nSPS) is 13.5. The van der Waals surface area contributed by atoms with Gasteiger partial charge in [0.25, 0.3) is 0 Å². The highest BCUT2D eigenvalue weighted by Gasteiger charge is 2.33. The van der Waals surface area contributed by atoms with Crippen molar-refractivity contribution < 1.29 is 22.4 Å². The maximum atomic E-state index is 13.3. The van der Waals surface area contributed by atoms with Crippen LogP contribution in [0.25, 0.3) is 0 Å². The summed E-state index contributed by atoms with van der Waals surface area (Å²) in [5, 5.41) is 10.5. The highest BCUT2D eigenvalue weighted by Crippen LogP contribution is 2.27. The molecule has 0 heterocycles. The minimum absolute atomic E-state index is 0.0314. The van der Waals surface area contributed by atoms with Gasteiger partial charge in [0.2, 0.25) is 5.91 Å². The lowest BCUT2D eigenvalue weighted by atomic mass is 9.88. The molecule has 1 amide bonds. The van der Waals surface area contributed by atoms with Crippen molar-refractivity contribution in [3.8, 4) is 6.07 Å². The summed E-state index contributed by atoms with van der Waals surface area (Å²) in [6, 6.07) is 1.70. The Balaban J connectivity index is 3.22. The summed E-state index contributed by atoms with van der Waals surface area (Å²) in [6.45, 7) is 2.76. The Morgan fingerprint density at radius 2 is 1.79 bits per heavy atom. The van der Waals surface area contributed by atoms with E-state index in [1.54, 1.807) is 11.4 Å². The van der Waals surface area contributed by atoms with Gasteiger partial charge in [-0.25, -0.2) is 17.6 Å². The molecule has 1 N–H and O–H groups in total. The lowest BCUT2D eigenvalue weighted by Gasteiger charge is -2.19. The van der Waals surface area contributed by atoms with E-state index in [2.05, 4.69) is 0 Å². The van der Waals surface area contributed by atoms with E-state index in [1.165, 1.54) is 13.8 Å². The van der Waals surface area contributed by atoms with Gasteiger partial charge in [-0.15, -0.1) is 0 Å². The first kappa shape index (κ1) is 15.0. The van der Waals surface area contributed by atoms with Gasteiger partial charge in [0.05, 0.1) is 6.07 Å². The number of hydrogen-bond donors (Lipinski definition) is 1. The van der Waals surface area contributed by atoms with Crippen molar-refractivity contribution in [2.75, 3.05) is 5.32 Å². The topological polar surface area (TPSA) is 52.9 Å². The molecule has 0 fully saturated rings. The number of halogens is 4. The van der Waals surface area contributed by atoms with E-state index in [-0.39, 0.29) is 12.5 Å². The molecule has 19 heavy (non-hydrogen) atoms. The molecule has 0 bridgehead atoms. The van der Waals surface area contributed by atoms with E-state index in [0.29, 0.717) is 0 Å². The highest BCUT2D eigenvalue weighted by atomic mass is 19.2. The monoisotopic (exact) mass is 274 g/mol. The third kappa shape index (κ3) is 2.67. The van der Waals surface area contributed by atoms with E-state index < -0.39 is 40.3 Å². The first-order chi connectivity index (χ1) is 8.76. The van der Waals surface area contributed by atoms with E-state index >= 15 is 0 Å². The number of nitriles is 1. The lowest BCUT2D eigenvalue weighted by Crippen LogP contribution is -2.32. The molecule has 102 valence electrons. The first-order valence-corrected chi connectivity index (χ1v) is 5.32. The van der Waals surface area contributed by atoms with Gasteiger partial charge < -0.3 is 5.32 Å². The van der Waals surface area contributed by atoms with Crippen molar-refractivity contribution in [3.05, 3.63) is 29.3 Å². The molecule has 1 aromatic carbocycles. The number of carbonyl (C=O) groups is 1. The lowest BCUT2D eigenvalue weighted by molar-refractivity contribution is -0.122. The predicted octanol–water partition coefficient (Wildman–Crippen LogP) is 3.12. The van der Waals surface area contributed by atoms with Gasteiger partial charge in [-0.05, 0) is 13.3 Å². The fourth-order valence-corrected chi connectivity index (χ4v) is 1.22. The van der Waals surface area contributed by atoms with Crippen LogP contribution in [0.4, 0.5) is 23.2 Å². The van der Waals surface area contributed by atoms with E-state index in [4.69, 9.17) is 5.26 Å². The second kappa shape index (κ2) is 5.26. The molecule has 0 spiro atoms. The Morgan fingerprint density at radius 3 is 2.16 bits per heavy atom. The molecule has 1 rings (SSSR count). The van der Waals surface area contributed by atoms with Crippen molar-refractivity contribution in [1.29, 1.82) is 5.26 Å². The summed E-state index contributed by atoms with van der Waals surface area (Å²) in [4.78, 5) is 11.7. The molecule has 1 unspecified atom stereocenters. The number of nitrogens with one attached hydrogen (secondary N) is 1. The number of benzene rings is 1. The Bertz CT molecular complexity index is 542. The van der Waals surface area contributed by atoms with Crippen LogP contribution < -0.4 is 5.32 Å². The molecule has 7 heteroatoms. The van der Waals surface area contributed by atoms with Crippen LogP contribution in [0.3, 0.4) is 0 Å². The summed E-state index contributed by atoms with van der Waals surface area (Å²) < 4.78 is 52.5. The second-order valence-corrected chi connectivity index (χ2v) is 4.09. The molecule has 0 saturated carbocycles.